The van der Waals surface area contributed by atoms with Crippen LogP contribution in [0, 0.1) is 0 Å². The molecule has 1 heterocycles. The number of hydrogen-bond donors (Lipinski definition) is 2. The van der Waals surface area contributed by atoms with Gasteiger partial charge < -0.3 is 14.9 Å². The highest BCUT2D eigenvalue weighted by atomic mass is 16.5. The third kappa shape index (κ3) is 3.13. The van der Waals surface area contributed by atoms with E-state index in [0.717, 1.165) is 12.0 Å². The van der Waals surface area contributed by atoms with Crippen molar-refractivity contribution < 1.29 is 14.4 Å². The summed E-state index contributed by atoms with van der Waals surface area (Å²) in [6, 6.07) is 8.19. The van der Waals surface area contributed by atoms with Gasteiger partial charge in [0.1, 0.15) is 5.75 Å². The van der Waals surface area contributed by atoms with E-state index in [0.29, 0.717) is 5.76 Å². The summed E-state index contributed by atoms with van der Waals surface area (Å²) < 4.78 is 5.13. The molecule has 5 nitrogen and oxygen atoms in total. The monoisotopic (exact) mass is 260 g/mol. The van der Waals surface area contributed by atoms with Gasteiger partial charge in [-0.1, -0.05) is 12.1 Å². The number of carbonyl (C=O) groups is 1. The molecule has 0 bridgehead atoms. The van der Waals surface area contributed by atoms with Crippen LogP contribution in [0.5, 0.6) is 5.75 Å². The molecule has 0 aliphatic heterocycles. The highest BCUT2D eigenvalue weighted by Gasteiger charge is 2.14. The molecular formula is C14H16N2O3. The Labute approximate surface area is 111 Å². The Balaban J connectivity index is 2.15. The Morgan fingerprint density at radius 1 is 1.42 bits per heavy atom. The first kappa shape index (κ1) is 13.1. The second kappa shape index (κ2) is 5.56. The van der Waals surface area contributed by atoms with E-state index in [1.54, 1.807) is 30.3 Å². The number of rotatable bonds is 4. The first-order chi connectivity index (χ1) is 9.10. The molecule has 2 rings (SSSR count). The molecule has 0 unspecified atom stereocenters. The standard InChI is InChI=1S/C14H16N2O3/c1-3-9(2)15-14(18)12-8-13(19-16-12)10-4-6-11(17)7-5-10/h4-9,17H,3H2,1-2H3,(H,15,18)/t9-/m0/s1. The van der Waals surface area contributed by atoms with E-state index in [2.05, 4.69) is 10.5 Å². The van der Waals surface area contributed by atoms with E-state index in [9.17, 15) is 9.90 Å². The van der Waals surface area contributed by atoms with E-state index in [1.165, 1.54) is 0 Å². The number of nitrogens with one attached hydrogen (secondary N) is 1. The predicted molar refractivity (Wildman–Crippen MR) is 70.8 cm³/mol. The van der Waals surface area contributed by atoms with Gasteiger partial charge in [-0.25, -0.2) is 0 Å². The molecule has 0 aliphatic rings. The van der Waals surface area contributed by atoms with E-state index in [4.69, 9.17) is 4.52 Å². The summed E-state index contributed by atoms with van der Waals surface area (Å²) in [5, 5.41) is 15.8. The van der Waals surface area contributed by atoms with Crippen LogP contribution < -0.4 is 5.32 Å². The van der Waals surface area contributed by atoms with Gasteiger partial charge in [-0.05, 0) is 37.6 Å². The van der Waals surface area contributed by atoms with E-state index in [-0.39, 0.29) is 23.4 Å². The minimum Gasteiger partial charge on any atom is -0.508 e. The van der Waals surface area contributed by atoms with Crippen molar-refractivity contribution in [2.75, 3.05) is 0 Å². The van der Waals surface area contributed by atoms with Crippen LogP contribution in [0.2, 0.25) is 0 Å². The second-order valence-electron chi connectivity index (χ2n) is 4.41. The Morgan fingerprint density at radius 2 is 2.11 bits per heavy atom. The first-order valence-electron chi connectivity index (χ1n) is 6.17. The van der Waals surface area contributed by atoms with E-state index in [1.807, 2.05) is 13.8 Å². The molecule has 1 amide bonds. The number of phenols is 1. The molecule has 0 saturated heterocycles. The lowest BCUT2D eigenvalue weighted by Crippen LogP contribution is -2.32. The number of hydrogen-bond acceptors (Lipinski definition) is 4. The van der Waals surface area contributed by atoms with Crippen LogP contribution in [0.3, 0.4) is 0 Å². The number of carbonyl (C=O) groups excluding carboxylic acids is 1. The predicted octanol–water partition coefficient (Wildman–Crippen LogP) is 2.58. The van der Waals surface area contributed by atoms with Gasteiger partial charge in [-0.15, -0.1) is 0 Å². The second-order valence-corrected chi connectivity index (χ2v) is 4.41. The molecule has 1 atom stereocenters. The van der Waals surface area contributed by atoms with Gasteiger partial charge >= 0.3 is 0 Å². The number of aromatic hydroxyl groups is 1. The van der Waals surface area contributed by atoms with Gasteiger partial charge in [0.05, 0.1) is 0 Å². The fraction of sp³-hybridized carbons (Fsp3) is 0.286. The number of nitrogens with zero attached hydrogens (tertiary/aromatic N) is 1. The zero-order valence-electron chi connectivity index (χ0n) is 10.9. The molecule has 1 aromatic heterocycles. The van der Waals surface area contributed by atoms with Crippen LogP contribution in [0.25, 0.3) is 11.3 Å². The lowest BCUT2D eigenvalue weighted by molar-refractivity contribution is 0.0930. The Hall–Kier alpha value is -2.30. The highest BCUT2D eigenvalue weighted by molar-refractivity contribution is 5.93. The van der Waals surface area contributed by atoms with Crippen molar-refractivity contribution >= 4 is 5.91 Å². The van der Waals surface area contributed by atoms with Crippen LogP contribution in [0.4, 0.5) is 0 Å². The summed E-state index contributed by atoms with van der Waals surface area (Å²) in [6.07, 6.45) is 0.856. The maximum atomic E-state index is 11.8. The number of phenolic OH excluding ortho intramolecular Hbond substituents is 1. The van der Waals surface area contributed by atoms with Gasteiger partial charge in [0.2, 0.25) is 0 Å². The van der Waals surface area contributed by atoms with Crippen LogP contribution in [-0.2, 0) is 0 Å². The van der Waals surface area contributed by atoms with Crippen molar-refractivity contribution in [3.8, 4) is 17.1 Å². The average molecular weight is 260 g/mol. The number of aromatic nitrogens is 1. The zero-order valence-corrected chi connectivity index (χ0v) is 10.9. The first-order valence-corrected chi connectivity index (χ1v) is 6.17. The van der Waals surface area contributed by atoms with Crippen LogP contribution >= 0.6 is 0 Å². The van der Waals surface area contributed by atoms with Crippen molar-refractivity contribution in [3.63, 3.8) is 0 Å². The molecule has 2 N–H and O–H groups in total. The molecule has 2 aromatic rings. The van der Waals surface area contributed by atoms with Gasteiger partial charge in [0, 0.05) is 17.7 Å². The molecule has 0 spiro atoms. The van der Waals surface area contributed by atoms with Crippen molar-refractivity contribution in [2.45, 2.75) is 26.3 Å². The minimum absolute atomic E-state index is 0.0984. The molecule has 0 saturated carbocycles. The minimum atomic E-state index is -0.247. The van der Waals surface area contributed by atoms with Crippen molar-refractivity contribution in [2.24, 2.45) is 0 Å². The molecule has 1 aromatic carbocycles. The smallest absolute Gasteiger partial charge is 0.273 e. The average Bonchev–Trinajstić information content (AvgIpc) is 2.89. The van der Waals surface area contributed by atoms with Crippen molar-refractivity contribution in [1.29, 1.82) is 0 Å². The zero-order chi connectivity index (χ0) is 13.8. The third-order valence-corrected chi connectivity index (χ3v) is 2.88. The van der Waals surface area contributed by atoms with E-state index < -0.39 is 0 Å². The normalized spacial score (nSPS) is 12.1. The summed E-state index contributed by atoms with van der Waals surface area (Å²) in [7, 11) is 0. The fourth-order valence-electron chi connectivity index (χ4n) is 1.54. The lowest BCUT2D eigenvalue weighted by atomic mass is 10.1. The topological polar surface area (TPSA) is 75.4 Å². The summed E-state index contributed by atoms with van der Waals surface area (Å²) in [4.78, 5) is 11.8. The molecule has 0 radical (unpaired) electrons. The largest absolute Gasteiger partial charge is 0.508 e. The Kier molecular flexibility index (Phi) is 3.85. The fourth-order valence-corrected chi connectivity index (χ4v) is 1.54. The summed E-state index contributed by atoms with van der Waals surface area (Å²) in [6.45, 7) is 3.93. The highest BCUT2D eigenvalue weighted by Crippen LogP contribution is 2.22. The van der Waals surface area contributed by atoms with Gasteiger partial charge in [-0.3, -0.25) is 4.79 Å². The Bertz CT molecular complexity index is 560. The van der Waals surface area contributed by atoms with Crippen LogP contribution in [-0.4, -0.2) is 22.2 Å². The molecule has 0 fully saturated rings. The summed E-state index contributed by atoms with van der Waals surface area (Å²) >= 11 is 0. The van der Waals surface area contributed by atoms with Gasteiger partial charge in [0.15, 0.2) is 11.5 Å². The maximum absolute atomic E-state index is 11.8. The molecule has 100 valence electrons. The number of amides is 1. The molecule has 19 heavy (non-hydrogen) atoms. The van der Waals surface area contributed by atoms with Gasteiger partial charge in [0.25, 0.3) is 5.91 Å². The lowest BCUT2D eigenvalue weighted by Gasteiger charge is -2.08. The van der Waals surface area contributed by atoms with Crippen LogP contribution in [0.15, 0.2) is 34.9 Å². The van der Waals surface area contributed by atoms with Crippen molar-refractivity contribution in [1.82, 2.24) is 10.5 Å². The quantitative estimate of drug-likeness (QED) is 0.885. The molecule has 5 heteroatoms. The van der Waals surface area contributed by atoms with E-state index >= 15 is 0 Å². The van der Waals surface area contributed by atoms with Crippen LogP contribution in [0.1, 0.15) is 30.8 Å². The third-order valence-electron chi connectivity index (χ3n) is 2.88. The van der Waals surface area contributed by atoms with Crippen molar-refractivity contribution in [3.05, 3.63) is 36.0 Å². The molecular weight excluding hydrogens is 244 g/mol. The molecule has 0 aliphatic carbocycles. The maximum Gasteiger partial charge on any atom is 0.273 e. The Morgan fingerprint density at radius 3 is 2.74 bits per heavy atom. The summed E-state index contributed by atoms with van der Waals surface area (Å²) in [5.74, 6) is 0.426. The number of benzene rings is 1. The van der Waals surface area contributed by atoms with Gasteiger partial charge in [-0.2, -0.15) is 0 Å². The SMILES string of the molecule is CC[C@H](C)NC(=O)c1cc(-c2ccc(O)cc2)on1. The summed E-state index contributed by atoms with van der Waals surface area (Å²) in [5.41, 5.74) is 1.01.